The molecule has 1 aliphatic heterocycles. The molecule has 2 aliphatic rings. The van der Waals surface area contributed by atoms with E-state index in [1.54, 1.807) is 0 Å². The van der Waals surface area contributed by atoms with Crippen molar-refractivity contribution in [3.05, 3.63) is 0 Å². The first-order valence-electron chi connectivity index (χ1n) is 8.54. The zero-order valence-electron chi connectivity index (χ0n) is 14.7. The summed E-state index contributed by atoms with van der Waals surface area (Å²) in [6.07, 6.45) is 5.02. The van der Waals surface area contributed by atoms with E-state index in [1.165, 1.54) is 0 Å². The largest absolute Gasteiger partial charge is 0.444 e. The molecule has 3 atom stereocenters. The lowest BCUT2D eigenvalue weighted by atomic mass is 9.93. The third kappa shape index (κ3) is 5.43. The second-order valence-electron chi connectivity index (χ2n) is 8.25. The van der Waals surface area contributed by atoms with Crippen molar-refractivity contribution in [1.29, 1.82) is 0 Å². The van der Waals surface area contributed by atoms with E-state index in [0.717, 1.165) is 38.7 Å². The predicted octanol–water partition coefficient (Wildman–Crippen LogP) is 2.98. The van der Waals surface area contributed by atoms with Crippen LogP contribution in [-0.2, 0) is 9.47 Å². The van der Waals surface area contributed by atoms with Gasteiger partial charge in [0.05, 0.1) is 5.60 Å². The maximum absolute atomic E-state index is 12.0. The summed E-state index contributed by atoms with van der Waals surface area (Å²) in [4.78, 5) is 12.0. The van der Waals surface area contributed by atoms with Gasteiger partial charge in [0, 0.05) is 24.7 Å². The number of nitrogens with one attached hydrogen (secondary N) is 2. The molecular formula is C17H32N2O3. The van der Waals surface area contributed by atoms with Crippen molar-refractivity contribution in [2.24, 2.45) is 0 Å². The molecule has 128 valence electrons. The van der Waals surface area contributed by atoms with Crippen LogP contribution in [0.2, 0.25) is 0 Å². The fourth-order valence-electron chi connectivity index (χ4n) is 3.47. The Morgan fingerprint density at radius 2 is 1.86 bits per heavy atom. The van der Waals surface area contributed by atoms with Crippen LogP contribution in [0.25, 0.3) is 0 Å². The molecule has 0 unspecified atom stereocenters. The lowest BCUT2D eigenvalue weighted by molar-refractivity contribution is -0.0644. The van der Waals surface area contributed by atoms with E-state index in [9.17, 15) is 4.79 Å². The normalized spacial score (nSPS) is 31.8. The maximum atomic E-state index is 12.0. The Bertz CT molecular complexity index is 390. The topological polar surface area (TPSA) is 59.6 Å². The molecule has 5 heteroatoms. The van der Waals surface area contributed by atoms with Crippen LogP contribution in [0.15, 0.2) is 0 Å². The molecule has 1 saturated heterocycles. The van der Waals surface area contributed by atoms with Crippen molar-refractivity contribution >= 4 is 6.09 Å². The summed E-state index contributed by atoms with van der Waals surface area (Å²) in [7, 11) is 0. The summed E-state index contributed by atoms with van der Waals surface area (Å²) in [5, 5.41) is 6.78. The number of carbonyl (C=O) groups excluding carboxylic acids is 1. The van der Waals surface area contributed by atoms with Gasteiger partial charge in [-0.1, -0.05) is 0 Å². The minimum atomic E-state index is -0.448. The molecular weight excluding hydrogens is 280 g/mol. The van der Waals surface area contributed by atoms with Crippen molar-refractivity contribution in [2.75, 3.05) is 6.61 Å². The van der Waals surface area contributed by atoms with Crippen LogP contribution < -0.4 is 10.6 Å². The smallest absolute Gasteiger partial charge is 0.407 e. The average Bonchev–Trinajstić information content (AvgIpc) is 2.72. The van der Waals surface area contributed by atoms with Gasteiger partial charge in [0.1, 0.15) is 5.60 Å². The molecule has 1 saturated carbocycles. The van der Waals surface area contributed by atoms with Gasteiger partial charge in [0.2, 0.25) is 0 Å². The highest BCUT2D eigenvalue weighted by Crippen LogP contribution is 2.27. The zero-order chi connectivity index (χ0) is 16.4. The highest BCUT2D eigenvalue weighted by Gasteiger charge is 2.35. The van der Waals surface area contributed by atoms with Gasteiger partial charge < -0.3 is 20.1 Å². The Morgan fingerprint density at radius 1 is 1.18 bits per heavy atom. The second kappa shape index (κ2) is 6.75. The minimum absolute atomic E-state index is 0.0530. The number of hydrogen-bond donors (Lipinski definition) is 2. The predicted molar refractivity (Wildman–Crippen MR) is 87.0 cm³/mol. The summed E-state index contributed by atoms with van der Waals surface area (Å²) >= 11 is 0. The van der Waals surface area contributed by atoms with Gasteiger partial charge in [-0.2, -0.15) is 0 Å². The fraction of sp³-hybridized carbons (Fsp3) is 0.941. The molecule has 0 spiro atoms. The van der Waals surface area contributed by atoms with E-state index < -0.39 is 5.60 Å². The Hall–Kier alpha value is -0.810. The minimum Gasteiger partial charge on any atom is -0.444 e. The molecule has 5 nitrogen and oxygen atoms in total. The third-order valence-electron chi connectivity index (χ3n) is 4.36. The maximum Gasteiger partial charge on any atom is 0.407 e. The number of alkyl carbamates (subject to hydrolysis) is 1. The molecule has 0 bridgehead atoms. The van der Waals surface area contributed by atoms with Crippen molar-refractivity contribution in [1.82, 2.24) is 10.6 Å². The van der Waals surface area contributed by atoms with Crippen LogP contribution in [-0.4, -0.2) is 42.0 Å². The van der Waals surface area contributed by atoms with Gasteiger partial charge in [0.25, 0.3) is 0 Å². The Morgan fingerprint density at radius 3 is 2.50 bits per heavy atom. The molecule has 0 aromatic carbocycles. The Labute approximate surface area is 134 Å². The summed E-state index contributed by atoms with van der Waals surface area (Å²) in [5.74, 6) is 0. The lowest BCUT2D eigenvalue weighted by Crippen LogP contribution is -2.53. The Balaban J connectivity index is 1.84. The molecule has 1 amide bonds. The summed E-state index contributed by atoms with van der Waals surface area (Å²) < 4.78 is 11.1. The van der Waals surface area contributed by atoms with Crippen LogP contribution in [0, 0.1) is 0 Å². The highest BCUT2D eigenvalue weighted by molar-refractivity contribution is 5.68. The Kier molecular flexibility index (Phi) is 5.38. The first kappa shape index (κ1) is 17.5. The van der Waals surface area contributed by atoms with E-state index in [4.69, 9.17) is 9.47 Å². The van der Waals surface area contributed by atoms with Gasteiger partial charge in [0.15, 0.2) is 0 Å². The lowest BCUT2D eigenvalue weighted by Gasteiger charge is -2.38. The molecule has 2 fully saturated rings. The number of hydrogen-bond acceptors (Lipinski definition) is 4. The van der Waals surface area contributed by atoms with Crippen molar-refractivity contribution in [2.45, 2.75) is 96.1 Å². The molecule has 2 N–H and O–H groups in total. The van der Waals surface area contributed by atoms with Crippen LogP contribution in [0.4, 0.5) is 4.79 Å². The van der Waals surface area contributed by atoms with Crippen LogP contribution in [0.1, 0.15) is 66.7 Å². The number of amides is 1. The van der Waals surface area contributed by atoms with E-state index in [1.807, 2.05) is 20.8 Å². The van der Waals surface area contributed by atoms with Crippen molar-refractivity contribution in [3.63, 3.8) is 0 Å². The number of ether oxygens (including phenoxy) is 2. The average molecular weight is 312 g/mol. The summed E-state index contributed by atoms with van der Waals surface area (Å²) in [6, 6.07) is 0.974. The van der Waals surface area contributed by atoms with E-state index in [-0.39, 0.29) is 17.7 Å². The molecule has 2 rings (SSSR count). The van der Waals surface area contributed by atoms with Gasteiger partial charge in [-0.15, -0.1) is 0 Å². The molecule has 1 aliphatic carbocycles. The SMILES string of the molecule is CC(C)(C)OC(=O)N[C@@H]1CCC[C@@H]1N[C@@H]1CCOC(C)(C)C1. The molecule has 0 aromatic heterocycles. The van der Waals surface area contributed by atoms with Crippen molar-refractivity contribution < 1.29 is 14.3 Å². The van der Waals surface area contributed by atoms with Gasteiger partial charge in [-0.25, -0.2) is 4.79 Å². The number of carbonyl (C=O) groups is 1. The molecule has 22 heavy (non-hydrogen) atoms. The summed E-state index contributed by atoms with van der Waals surface area (Å²) in [6.45, 7) is 10.8. The van der Waals surface area contributed by atoms with Gasteiger partial charge in [-0.05, 0) is 66.7 Å². The standard InChI is InChI=1S/C17H32N2O3/c1-16(2,3)22-15(20)19-14-8-6-7-13(14)18-12-9-10-21-17(4,5)11-12/h12-14,18H,6-11H2,1-5H3,(H,19,20)/t12-,13+,14-/m1/s1. The zero-order valence-corrected chi connectivity index (χ0v) is 14.7. The van der Waals surface area contributed by atoms with E-state index in [0.29, 0.717) is 12.1 Å². The second-order valence-corrected chi connectivity index (χ2v) is 8.25. The van der Waals surface area contributed by atoms with E-state index in [2.05, 4.69) is 24.5 Å². The number of rotatable bonds is 3. The third-order valence-corrected chi connectivity index (χ3v) is 4.36. The van der Waals surface area contributed by atoms with Crippen LogP contribution in [0.3, 0.4) is 0 Å². The van der Waals surface area contributed by atoms with Crippen LogP contribution in [0.5, 0.6) is 0 Å². The highest BCUT2D eigenvalue weighted by atomic mass is 16.6. The first-order valence-corrected chi connectivity index (χ1v) is 8.54. The monoisotopic (exact) mass is 312 g/mol. The van der Waals surface area contributed by atoms with Gasteiger partial charge >= 0.3 is 6.09 Å². The van der Waals surface area contributed by atoms with Gasteiger partial charge in [-0.3, -0.25) is 0 Å². The first-order chi connectivity index (χ1) is 10.1. The van der Waals surface area contributed by atoms with Crippen LogP contribution >= 0.6 is 0 Å². The molecule has 0 aromatic rings. The summed E-state index contributed by atoms with van der Waals surface area (Å²) in [5.41, 5.74) is -0.501. The van der Waals surface area contributed by atoms with Crippen molar-refractivity contribution in [3.8, 4) is 0 Å². The quantitative estimate of drug-likeness (QED) is 0.841. The molecule has 1 heterocycles. The fourth-order valence-corrected chi connectivity index (χ4v) is 3.47. The molecule has 0 radical (unpaired) electrons. The van der Waals surface area contributed by atoms with E-state index >= 15 is 0 Å².